The van der Waals surface area contributed by atoms with E-state index in [2.05, 4.69) is 24.0 Å². The summed E-state index contributed by atoms with van der Waals surface area (Å²) in [5.41, 5.74) is 2.18. The van der Waals surface area contributed by atoms with Crippen molar-refractivity contribution in [2.75, 3.05) is 13.7 Å². The summed E-state index contributed by atoms with van der Waals surface area (Å²) >= 11 is 0. The molecular formula is C19H24N2O2. The van der Waals surface area contributed by atoms with Crippen LogP contribution in [-0.2, 0) is 22.5 Å². The molecule has 0 N–H and O–H groups in total. The highest BCUT2D eigenvalue weighted by Crippen LogP contribution is 2.13. The average molecular weight is 312 g/mol. The molecule has 0 aliphatic heterocycles. The minimum Gasteiger partial charge on any atom is -0.375 e. The molecule has 0 saturated carbocycles. The molecule has 1 aromatic heterocycles. The minimum atomic E-state index is -0.00119. The maximum absolute atomic E-state index is 12.4. The Bertz CT molecular complexity index is 587. The van der Waals surface area contributed by atoms with Crippen molar-refractivity contribution in [2.24, 2.45) is 0 Å². The number of rotatable bonds is 8. The molecule has 1 amide bonds. The first-order chi connectivity index (χ1) is 11.2. The fourth-order valence-electron chi connectivity index (χ4n) is 2.54. The third-order valence-corrected chi connectivity index (χ3v) is 3.87. The van der Waals surface area contributed by atoms with E-state index in [1.807, 2.05) is 41.3 Å². The summed E-state index contributed by atoms with van der Waals surface area (Å²) in [6.45, 7) is 2.70. The van der Waals surface area contributed by atoms with Crippen LogP contribution < -0.4 is 0 Å². The lowest BCUT2D eigenvalue weighted by Crippen LogP contribution is -2.40. The van der Waals surface area contributed by atoms with Crippen molar-refractivity contribution in [1.82, 2.24) is 9.88 Å². The van der Waals surface area contributed by atoms with Crippen LogP contribution in [0.5, 0.6) is 0 Å². The Labute approximate surface area is 138 Å². The van der Waals surface area contributed by atoms with Crippen molar-refractivity contribution in [2.45, 2.75) is 32.4 Å². The van der Waals surface area contributed by atoms with Gasteiger partial charge in [-0.25, -0.2) is 0 Å². The lowest BCUT2D eigenvalue weighted by molar-refractivity contribution is -0.138. The fraction of sp³-hybridized carbons (Fsp3) is 0.368. The number of amides is 1. The molecule has 0 saturated heterocycles. The summed E-state index contributed by atoms with van der Waals surface area (Å²) in [4.78, 5) is 18.6. The molecule has 0 aliphatic rings. The second kappa shape index (κ2) is 9.06. The van der Waals surface area contributed by atoms with Gasteiger partial charge in [-0.1, -0.05) is 36.4 Å². The first kappa shape index (κ1) is 17.2. The molecule has 1 heterocycles. The molecule has 122 valence electrons. The Morgan fingerprint density at radius 3 is 2.57 bits per heavy atom. The topological polar surface area (TPSA) is 42.4 Å². The zero-order chi connectivity index (χ0) is 16.5. The van der Waals surface area contributed by atoms with Crippen LogP contribution in [-0.4, -0.2) is 35.5 Å². The number of hydrogen-bond donors (Lipinski definition) is 0. The smallest absolute Gasteiger partial charge is 0.249 e. The van der Waals surface area contributed by atoms with E-state index in [9.17, 15) is 4.79 Å². The number of pyridine rings is 1. The van der Waals surface area contributed by atoms with E-state index >= 15 is 0 Å². The van der Waals surface area contributed by atoms with Crippen molar-refractivity contribution >= 4 is 5.91 Å². The molecule has 4 heteroatoms. The van der Waals surface area contributed by atoms with E-state index in [-0.39, 0.29) is 18.6 Å². The third-order valence-electron chi connectivity index (χ3n) is 3.87. The third kappa shape index (κ3) is 5.49. The summed E-state index contributed by atoms with van der Waals surface area (Å²) in [6.07, 6.45) is 3.61. The van der Waals surface area contributed by atoms with Gasteiger partial charge in [-0.05, 0) is 37.5 Å². The zero-order valence-corrected chi connectivity index (χ0v) is 13.8. The van der Waals surface area contributed by atoms with Crippen LogP contribution in [0.4, 0.5) is 0 Å². The van der Waals surface area contributed by atoms with Gasteiger partial charge in [0.2, 0.25) is 5.91 Å². The summed E-state index contributed by atoms with van der Waals surface area (Å²) in [6, 6.07) is 16.2. The van der Waals surface area contributed by atoms with Crippen LogP contribution in [0.1, 0.15) is 24.6 Å². The van der Waals surface area contributed by atoms with Crippen molar-refractivity contribution < 1.29 is 9.53 Å². The maximum Gasteiger partial charge on any atom is 0.249 e. The number of carbonyl (C=O) groups is 1. The number of methoxy groups -OCH3 is 1. The second-order valence-electron chi connectivity index (χ2n) is 5.65. The second-order valence-corrected chi connectivity index (χ2v) is 5.65. The zero-order valence-electron chi connectivity index (χ0n) is 13.8. The number of carbonyl (C=O) groups excluding carboxylic acids is 1. The lowest BCUT2D eigenvalue weighted by Gasteiger charge is -2.29. The number of nitrogens with zero attached hydrogens (tertiary/aromatic N) is 2. The Morgan fingerprint density at radius 1 is 1.17 bits per heavy atom. The van der Waals surface area contributed by atoms with Gasteiger partial charge in [-0.3, -0.25) is 9.78 Å². The number of aryl methyl sites for hydroxylation is 1. The predicted molar refractivity (Wildman–Crippen MR) is 90.9 cm³/mol. The van der Waals surface area contributed by atoms with E-state index in [4.69, 9.17) is 4.74 Å². The molecule has 0 bridgehead atoms. The van der Waals surface area contributed by atoms with E-state index < -0.39 is 0 Å². The fourth-order valence-corrected chi connectivity index (χ4v) is 2.54. The van der Waals surface area contributed by atoms with Gasteiger partial charge in [0.05, 0.1) is 12.2 Å². The van der Waals surface area contributed by atoms with E-state index in [1.54, 1.807) is 13.3 Å². The standard InChI is InChI=1S/C19H24N2O2/c1-16(11-12-17-8-4-3-5-9-17)21(19(22)15-23-2)14-18-10-6-7-13-20-18/h3-10,13,16H,11-12,14-15H2,1-2H3/t16-/m0/s1. The van der Waals surface area contributed by atoms with Gasteiger partial charge in [0, 0.05) is 19.3 Å². The largest absolute Gasteiger partial charge is 0.375 e. The highest BCUT2D eigenvalue weighted by Gasteiger charge is 2.20. The first-order valence-electron chi connectivity index (χ1n) is 7.93. The number of benzene rings is 1. The van der Waals surface area contributed by atoms with E-state index in [0.29, 0.717) is 6.54 Å². The lowest BCUT2D eigenvalue weighted by atomic mass is 10.0. The molecule has 0 radical (unpaired) electrons. The van der Waals surface area contributed by atoms with Crippen molar-refractivity contribution in [1.29, 1.82) is 0 Å². The Kier molecular flexibility index (Phi) is 6.76. The van der Waals surface area contributed by atoms with Crippen molar-refractivity contribution in [3.63, 3.8) is 0 Å². The van der Waals surface area contributed by atoms with Gasteiger partial charge in [-0.2, -0.15) is 0 Å². The summed E-state index contributed by atoms with van der Waals surface area (Å²) in [7, 11) is 1.55. The van der Waals surface area contributed by atoms with Gasteiger partial charge in [0.15, 0.2) is 0 Å². The van der Waals surface area contributed by atoms with Gasteiger partial charge >= 0.3 is 0 Å². The molecular weight excluding hydrogens is 288 g/mol. The van der Waals surface area contributed by atoms with Crippen LogP contribution in [0.15, 0.2) is 54.7 Å². The molecule has 0 aliphatic carbocycles. The summed E-state index contributed by atoms with van der Waals surface area (Å²) < 4.78 is 5.02. The van der Waals surface area contributed by atoms with Gasteiger partial charge in [-0.15, -0.1) is 0 Å². The summed E-state index contributed by atoms with van der Waals surface area (Å²) in [5, 5.41) is 0. The molecule has 0 unspecified atom stereocenters. The molecule has 4 nitrogen and oxygen atoms in total. The highest BCUT2D eigenvalue weighted by molar-refractivity contribution is 5.77. The van der Waals surface area contributed by atoms with E-state index in [1.165, 1.54) is 5.56 Å². The molecule has 23 heavy (non-hydrogen) atoms. The van der Waals surface area contributed by atoms with Crippen molar-refractivity contribution in [3.8, 4) is 0 Å². The van der Waals surface area contributed by atoms with Crippen LogP contribution in [0.25, 0.3) is 0 Å². The summed E-state index contributed by atoms with van der Waals surface area (Å²) in [5.74, 6) is -0.00119. The first-order valence-corrected chi connectivity index (χ1v) is 7.93. The van der Waals surface area contributed by atoms with Crippen LogP contribution in [0, 0.1) is 0 Å². The average Bonchev–Trinajstić information content (AvgIpc) is 2.59. The van der Waals surface area contributed by atoms with Gasteiger partial charge in [0.25, 0.3) is 0 Å². The van der Waals surface area contributed by atoms with Crippen LogP contribution in [0.3, 0.4) is 0 Å². The number of ether oxygens (including phenoxy) is 1. The van der Waals surface area contributed by atoms with E-state index in [0.717, 1.165) is 18.5 Å². The Hall–Kier alpha value is -2.20. The van der Waals surface area contributed by atoms with Crippen LogP contribution >= 0.6 is 0 Å². The highest BCUT2D eigenvalue weighted by atomic mass is 16.5. The predicted octanol–water partition coefficient (Wildman–Crippen LogP) is 3.08. The molecule has 1 aromatic carbocycles. The molecule has 0 fully saturated rings. The minimum absolute atomic E-state index is 0.00119. The van der Waals surface area contributed by atoms with Gasteiger partial charge < -0.3 is 9.64 Å². The molecule has 1 atom stereocenters. The maximum atomic E-state index is 12.4. The SMILES string of the molecule is COCC(=O)N(Cc1ccccn1)[C@@H](C)CCc1ccccc1. The number of aromatic nitrogens is 1. The van der Waals surface area contributed by atoms with Crippen LogP contribution in [0.2, 0.25) is 0 Å². The quantitative estimate of drug-likeness (QED) is 0.752. The molecule has 0 spiro atoms. The Balaban J connectivity index is 2.01. The van der Waals surface area contributed by atoms with Crippen molar-refractivity contribution in [3.05, 3.63) is 66.0 Å². The molecule has 2 aromatic rings. The number of hydrogen-bond acceptors (Lipinski definition) is 3. The monoisotopic (exact) mass is 312 g/mol. The Morgan fingerprint density at radius 2 is 1.91 bits per heavy atom. The normalized spacial score (nSPS) is 11.9. The van der Waals surface area contributed by atoms with Gasteiger partial charge in [0.1, 0.15) is 6.61 Å². The molecule has 2 rings (SSSR count).